The largest absolute Gasteiger partial charge is 0.487 e. The maximum absolute atomic E-state index is 11.6. The lowest BCUT2D eigenvalue weighted by Crippen LogP contribution is -2.08. The van der Waals surface area contributed by atoms with Gasteiger partial charge in [0.1, 0.15) is 18.1 Å². The van der Waals surface area contributed by atoms with Crippen molar-refractivity contribution < 1.29 is 14.3 Å². The molecule has 0 amide bonds. The molecule has 0 aliphatic rings. The van der Waals surface area contributed by atoms with Gasteiger partial charge in [-0.1, -0.05) is 37.3 Å². The molecule has 3 rings (SSSR count). The molecule has 0 aliphatic heterocycles. The molecule has 0 spiro atoms. The molecule has 1 atom stereocenters. The second-order valence-electron chi connectivity index (χ2n) is 6.62. The molecule has 0 fully saturated rings. The Morgan fingerprint density at radius 2 is 1.79 bits per heavy atom. The highest BCUT2D eigenvalue weighted by Gasteiger charge is 2.13. The average molecular weight is 379 g/mol. The van der Waals surface area contributed by atoms with E-state index < -0.39 is 0 Å². The number of carbonyl (C=O) groups is 1. The number of hydrogen-bond donors (Lipinski definition) is 0. The van der Waals surface area contributed by atoms with Gasteiger partial charge in [0.05, 0.1) is 24.4 Å². The number of rotatable bonds is 8. The number of aryl methyl sites for hydroxylation is 1. The quantitative estimate of drug-likeness (QED) is 0.549. The van der Waals surface area contributed by atoms with Crippen molar-refractivity contribution in [2.45, 2.75) is 39.7 Å². The van der Waals surface area contributed by atoms with E-state index in [4.69, 9.17) is 9.47 Å². The number of esters is 1. The van der Waals surface area contributed by atoms with Crippen LogP contribution in [0.15, 0.2) is 54.6 Å². The van der Waals surface area contributed by atoms with E-state index in [1.807, 2.05) is 75.4 Å². The topological polar surface area (TPSA) is 66.2 Å². The molecule has 0 saturated carbocycles. The van der Waals surface area contributed by atoms with E-state index in [0.29, 0.717) is 19.6 Å². The fraction of sp³-hybridized carbons (Fsp3) is 0.318. The molecule has 6 nitrogen and oxygen atoms in total. The highest BCUT2D eigenvalue weighted by Crippen LogP contribution is 2.23. The standard InChI is InChI=1S/C22H25N3O3/c1-4-27-22(26)14-16(2)18-10-12-20(13-11-18)28-15-21-17(3)23-25(24-21)19-8-6-5-7-9-19/h5-13,16H,4,14-15H2,1-3H3. The summed E-state index contributed by atoms with van der Waals surface area (Å²) in [4.78, 5) is 13.2. The van der Waals surface area contributed by atoms with Crippen molar-refractivity contribution in [3.8, 4) is 11.4 Å². The van der Waals surface area contributed by atoms with Crippen molar-refractivity contribution >= 4 is 5.97 Å². The van der Waals surface area contributed by atoms with Crippen LogP contribution in [0.3, 0.4) is 0 Å². The molecule has 0 aliphatic carbocycles. The van der Waals surface area contributed by atoms with Gasteiger partial charge in [0, 0.05) is 0 Å². The third-order valence-electron chi connectivity index (χ3n) is 4.47. The van der Waals surface area contributed by atoms with Gasteiger partial charge in [-0.3, -0.25) is 4.79 Å². The predicted octanol–water partition coefficient (Wildman–Crippen LogP) is 4.21. The molecule has 0 N–H and O–H groups in total. The Balaban J connectivity index is 1.59. The first kappa shape index (κ1) is 19.6. The van der Waals surface area contributed by atoms with E-state index >= 15 is 0 Å². The van der Waals surface area contributed by atoms with Crippen LogP contribution in [0.25, 0.3) is 5.69 Å². The number of para-hydroxylation sites is 1. The van der Waals surface area contributed by atoms with Gasteiger partial charge in [-0.05, 0) is 49.6 Å². The van der Waals surface area contributed by atoms with Crippen molar-refractivity contribution in [2.24, 2.45) is 0 Å². The molecule has 1 unspecified atom stereocenters. The third kappa shape index (κ3) is 4.97. The van der Waals surface area contributed by atoms with Crippen molar-refractivity contribution in [2.75, 3.05) is 6.61 Å². The van der Waals surface area contributed by atoms with Gasteiger partial charge < -0.3 is 9.47 Å². The van der Waals surface area contributed by atoms with Crippen LogP contribution in [0.5, 0.6) is 5.75 Å². The minimum Gasteiger partial charge on any atom is -0.487 e. The Hall–Kier alpha value is -3.15. The highest BCUT2D eigenvalue weighted by atomic mass is 16.5. The lowest BCUT2D eigenvalue weighted by atomic mass is 9.98. The zero-order valence-corrected chi connectivity index (χ0v) is 16.5. The number of benzene rings is 2. The van der Waals surface area contributed by atoms with Crippen LogP contribution < -0.4 is 4.74 Å². The first-order chi connectivity index (χ1) is 13.6. The highest BCUT2D eigenvalue weighted by molar-refractivity contribution is 5.70. The molecule has 3 aromatic rings. The maximum Gasteiger partial charge on any atom is 0.306 e. The van der Waals surface area contributed by atoms with Gasteiger partial charge in [0.2, 0.25) is 0 Å². The smallest absolute Gasteiger partial charge is 0.306 e. The van der Waals surface area contributed by atoms with Crippen LogP contribution in [0.1, 0.15) is 43.1 Å². The number of hydrogen-bond acceptors (Lipinski definition) is 5. The van der Waals surface area contributed by atoms with Crippen LogP contribution >= 0.6 is 0 Å². The minimum atomic E-state index is -0.174. The Morgan fingerprint density at radius 3 is 2.46 bits per heavy atom. The lowest BCUT2D eigenvalue weighted by molar-refractivity contribution is -0.143. The normalized spacial score (nSPS) is 11.8. The predicted molar refractivity (Wildman–Crippen MR) is 107 cm³/mol. The van der Waals surface area contributed by atoms with Crippen LogP contribution in [0.2, 0.25) is 0 Å². The molecule has 0 radical (unpaired) electrons. The van der Waals surface area contributed by atoms with Crippen molar-refractivity contribution in [1.29, 1.82) is 0 Å². The summed E-state index contributed by atoms with van der Waals surface area (Å²) in [5, 5.41) is 8.98. The summed E-state index contributed by atoms with van der Waals surface area (Å²) < 4.78 is 10.9. The summed E-state index contributed by atoms with van der Waals surface area (Å²) in [7, 11) is 0. The lowest BCUT2D eigenvalue weighted by Gasteiger charge is -2.12. The summed E-state index contributed by atoms with van der Waals surface area (Å²) in [5.41, 5.74) is 3.62. The van der Waals surface area contributed by atoms with E-state index in [2.05, 4.69) is 10.2 Å². The minimum absolute atomic E-state index is 0.0983. The molecule has 1 heterocycles. The summed E-state index contributed by atoms with van der Waals surface area (Å²) in [6.45, 7) is 6.50. The Morgan fingerprint density at radius 1 is 1.07 bits per heavy atom. The second-order valence-corrected chi connectivity index (χ2v) is 6.62. The van der Waals surface area contributed by atoms with Crippen LogP contribution in [-0.4, -0.2) is 27.6 Å². The third-order valence-corrected chi connectivity index (χ3v) is 4.47. The zero-order chi connectivity index (χ0) is 19.9. The van der Waals surface area contributed by atoms with Crippen LogP contribution in [-0.2, 0) is 16.1 Å². The SMILES string of the molecule is CCOC(=O)CC(C)c1ccc(OCc2nn(-c3ccccc3)nc2C)cc1. The number of carbonyl (C=O) groups excluding carboxylic acids is 1. The summed E-state index contributed by atoms with van der Waals surface area (Å²) in [6, 6.07) is 17.6. The average Bonchev–Trinajstić information content (AvgIpc) is 3.08. The first-order valence-electron chi connectivity index (χ1n) is 9.43. The molecule has 1 aromatic heterocycles. The fourth-order valence-corrected chi connectivity index (χ4v) is 2.85. The molecule has 28 heavy (non-hydrogen) atoms. The van der Waals surface area contributed by atoms with Gasteiger partial charge in [0.15, 0.2) is 0 Å². The summed E-state index contributed by atoms with van der Waals surface area (Å²) >= 11 is 0. The maximum atomic E-state index is 11.6. The van der Waals surface area contributed by atoms with Gasteiger partial charge in [0.25, 0.3) is 0 Å². The molecular weight excluding hydrogens is 354 g/mol. The number of ether oxygens (including phenoxy) is 2. The van der Waals surface area contributed by atoms with E-state index in [0.717, 1.165) is 28.4 Å². The molecule has 2 aromatic carbocycles. The van der Waals surface area contributed by atoms with E-state index in [-0.39, 0.29) is 11.9 Å². The number of nitrogens with zero attached hydrogens (tertiary/aromatic N) is 3. The molecule has 146 valence electrons. The van der Waals surface area contributed by atoms with E-state index in [9.17, 15) is 4.79 Å². The Kier molecular flexibility index (Phi) is 6.42. The fourth-order valence-electron chi connectivity index (χ4n) is 2.85. The van der Waals surface area contributed by atoms with Crippen molar-refractivity contribution in [3.63, 3.8) is 0 Å². The monoisotopic (exact) mass is 379 g/mol. The zero-order valence-electron chi connectivity index (χ0n) is 16.5. The van der Waals surface area contributed by atoms with Gasteiger partial charge in [-0.2, -0.15) is 9.90 Å². The summed E-state index contributed by atoms with van der Waals surface area (Å²) in [5.74, 6) is 0.675. The molecular formula is C22H25N3O3. The Bertz CT molecular complexity index is 905. The Labute approximate surface area is 165 Å². The van der Waals surface area contributed by atoms with Crippen molar-refractivity contribution in [3.05, 3.63) is 71.5 Å². The van der Waals surface area contributed by atoms with Gasteiger partial charge in [-0.25, -0.2) is 0 Å². The van der Waals surface area contributed by atoms with Crippen LogP contribution in [0, 0.1) is 6.92 Å². The molecule has 6 heteroatoms. The second kappa shape index (κ2) is 9.17. The van der Waals surface area contributed by atoms with Gasteiger partial charge >= 0.3 is 5.97 Å². The van der Waals surface area contributed by atoms with E-state index in [1.165, 1.54) is 0 Å². The number of aromatic nitrogens is 3. The molecule has 0 saturated heterocycles. The summed E-state index contributed by atoms with van der Waals surface area (Å²) in [6.07, 6.45) is 0.371. The first-order valence-corrected chi connectivity index (χ1v) is 9.43. The van der Waals surface area contributed by atoms with E-state index in [1.54, 1.807) is 4.80 Å². The van der Waals surface area contributed by atoms with Crippen LogP contribution in [0.4, 0.5) is 0 Å². The molecule has 0 bridgehead atoms. The van der Waals surface area contributed by atoms with Crippen molar-refractivity contribution in [1.82, 2.24) is 15.0 Å². The van der Waals surface area contributed by atoms with Gasteiger partial charge in [-0.15, -0.1) is 5.10 Å².